The highest BCUT2D eigenvalue weighted by molar-refractivity contribution is 6.30. The van der Waals surface area contributed by atoms with Crippen molar-refractivity contribution in [2.24, 2.45) is 5.41 Å². The molecule has 1 aromatic rings. The first-order valence-electron chi connectivity index (χ1n) is 5.82. The van der Waals surface area contributed by atoms with E-state index >= 15 is 0 Å². The van der Waals surface area contributed by atoms with Gasteiger partial charge in [0.2, 0.25) is 5.91 Å². The highest BCUT2D eigenvalue weighted by Gasteiger charge is 2.41. The van der Waals surface area contributed by atoms with Gasteiger partial charge in [0, 0.05) is 26.3 Å². The molecule has 5 nitrogen and oxygen atoms in total. The summed E-state index contributed by atoms with van der Waals surface area (Å²) in [7, 11) is 1.61. The van der Waals surface area contributed by atoms with Gasteiger partial charge in [-0.25, -0.2) is 0 Å². The second-order valence-corrected chi connectivity index (χ2v) is 5.28. The van der Waals surface area contributed by atoms with E-state index in [0.717, 1.165) is 0 Å². The molecular weight excluding hydrogens is 254 g/mol. The number of amides is 2. The van der Waals surface area contributed by atoms with Crippen LogP contribution in [0.3, 0.4) is 0 Å². The zero-order chi connectivity index (χ0) is 13.3. The van der Waals surface area contributed by atoms with Crippen molar-refractivity contribution < 1.29 is 9.59 Å². The summed E-state index contributed by atoms with van der Waals surface area (Å²) in [6, 6.07) is 1.60. The van der Waals surface area contributed by atoms with Crippen molar-refractivity contribution in [2.75, 3.05) is 20.1 Å². The van der Waals surface area contributed by atoms with Crippen molar-refractivity contribution in [2.45, 2.75) is 13.3 Å². The van der Waals surface area contributed by atoms with Crippen LogP contribution in [0.4, 0.5) is 0 Å². The molecule has 2 heterocycles. The Morgan fingerprint density at radius 3 is 2.83 bits per heavy atom. The van der Waals surface area contributed by atoms with Gasteiger partial charge >= 0.3 is 0 Å². The van der Waals surface area contributed by atoms with Crippen molar-refractivity contribution in [3.63, 3.8) is 0 Å². The lowest BCUT2D eigenvalue weighted by Gasteiger charge is -2.22. The Morgan fingerprint density at radius 1 is 1.56 bits per heavy atom. The molecule has 0 aromatic carbocycles. The number of H-pyrrole nitrogens is 1. The highest BCUT2D eigenvalue weighted by Crippen LogP contribution is 2.31. The summed E-state index contributed by atoms with van der Waals surface area (Å²) in [4.78, 5) is 28.4. The minimum atomic E-state index is -0.499. The molecule has 1 saturated heterocycles. The SMILES string of the molecule is CNC(=O)C1(C)CCN(C(=O)c2cc(Cl)c[nH]2)C1. The van der Waals surface area contributed by atoms with Gasteiger partial charge in [0.25, 0.3) is 5.91 Å². The Morgan fingerprint density at radius 2 is 2.28 bits per heavy atom. The standard InChI is InChI=1S/C12H16ClN3O2/c1-12(11(18)14-2)3-4-16(7-12)10(17)9-5-8(13)6-15-9/h5-6,15H,3-4,7H2,1-2H3,(H,14,18). The minimum absolute atomic E-state index is 0.0256. The normalized spacial score (nSPS) is 23.2. The van der Waals surface area contributed by atoms with Crippen molar-refractivity contribution in [1.29, 1.82) is 0 Å². The largest absolute Gasteiger partial charge is 0.359 e. The Kier molecular flexibility index (Phi) is 3.34. The van der Waals surface area contributed by atoms with E-state index in [2.05, 4.69) is 10.3 Å². The van der Waals surface area contributed by atoms with Crippen molar-refractivity contribution >= 4 is 23.4 Å². The number of carbonyl (C=O) groups excluding carboxylic acids is 2. The average Bonchev–Trinajstić information content (AvgIpc) is 2.95. The first-order chi connectivity index (χ1) is 8.46. The highest BCUT2D eigenvalue weighted by atomic mass is 35.5. The molecule has 0 bridgehead atoms. The summed E-state index contributed by atoms with van der Waals surface area (Å²) >= 11 is 5.77. The van der Waals surface area contributed by atoms with Gasteiger partial charge in [-0.05, 0) is 19.4 Å². The lowest BCUT2D eigenvalue weighted by molar-refractivity contribution is -0.128. The molecule has 0 radical (unpaired) electrons. The molecule has 18 heavy (non-hydrogen) atoms. The number of nitrogens with zero attached hydrogens (tertiary/aromatic N) is 1. The molecule has 1 aliphatic heterocycles. The third-order valence-electron chi connectivity index (χ3n) is 3.41. The van der Waals surface area contributed by atoms with Gasteiger partial charge in [-0.1, -0.05) is 11.6 Å². The number of aromatic amines is 1. The van der Waals surface area contributed by atoms with Gasteiger partial charge in [-0.3, -0.25) is 9.59 Å². The molecule has 2 amide bonds. The van der Waals surface area contributed by atoms with Crippen LogP contribution in [0.1, 0.15) is 23.8 Å². The molecule has 1 aliphatic rings. The Hall–Kier alpha value is -1.49. The molecule has 1 unspecified atom stereocenters. The maximum Gasteiger partial charge on any atom is 0.270 e. The van der Waals surface area contributed by atoms with E-state index in [4.69, 9.17) is 11.6 Å². The van der Waals surface area contributed by atoms with Crippen molar-refractivity contribution in [1.82, 2.24) is 15.2 Å². The van der Waals surface area contributed by atoms with Crippen LogP contribution < -0.4 is 5.32 Å². The fourth-order valence-corrected chi connectivity index (χ4v) is 2.45. The number of carbonyl (C=O) groups is 2. The Bertz CT molecular complexity index is 485. The van der Waals surface area contributed by atoms with Crippen LogP contribution in [-0.2, 0) is 4.79 Å². The van der Waals surface area contributed by atoms with Gasteiger partial charge in [0.1, 0.15) is 5.69 Å². The van der Waals surface area contributed by atoms with Gasteiger partial charge in [-0.15, -0.1) is 0 Å². The van der Waals surface area contributed by atoms with Crippen molar-refractivity contribution in [3.05, 3.63) is 23.0 Å². The third-order valence-corrected chi connectivity index (χ3v) is 3.63. The van der Waals surface area contributed by atoms with Crippen LogP contribution >= 0.6 is 11.6 Å². The molecule has 2 rings (SSSR count). The molecule has 1 atom stereocenters. The number of halogens is 1. The zero-order valence-electron chi connectivity index (χ0n) is 10.4. The van der Waals surface area contributed by atoms with Crippen LogP contribution in [0.5, 0.6) is 0 Å². The lowest BCUT2D eigenvalue weighted by Crippen LogP contribution is -2.40. The van der Waals surface area contributed by atoms with E-state index in [-0.39, 0.29) is 11.8 Å². The molecule has 1 aromatic heterocycles. The smallest absolute Gasteiger partial charge is 0.270 e. The van der Waals surface area contributed by atoms with Crippen LogP contribution in [0, 0.1) is 5.41 Å². The first kappa shape index (κ1) is 13.0. The Balaban J connectivity index is 2.09. The quantitative estimate of drug-likeness (QED) is 0.849. The third kappa shape index (κ3) is 2.22. The summed E-state index contributed by atoms with van der Waals surface area (Å²) in [5.74, 6) is -0.142. The van der Waals surface area contributed by atoms with Crippen LogP contribution in [0.2, 0.25) is 5.02 Å². The maximum absolute atomic E-state index is 12.2. The number of nitrogens with one attached hydrogen (secondary N) is 2. The lowest BCUT2D eigenvalue weighted by atomic mass is 9.89. The molecule has 6 heteroatoms. The van der Waals surface area contributed by atoms with Crippen LogP contribution in [0.15, 0.2) is 12.3 Å². The number of rotatable bonds is 2. The van der Waals surface area contributed by atoms with E-state index < -0.39 is 5.41 Å². The number of likely N-dealkylation sites (tertiary alicyclic amines) is 1. The van der Waals surface area contributed by atoms with E-state index in [0.29, 0.717) is 30.2 Å². The number of hydrogen-bond acceptors (Lipinski definition) is 2. The molecule has 1 fully saturated rings. The van der Waals surface area contributed by atoms with E-state index in [9.17, 15) is 9.59 Å². The number of aromatic nitrogens is 1. The molecular formula is C12H16ClN3O2. The maximum atomic E-state index is 12.2. The fourth-order valence-electron chi connectivity index (χ4n) is 2.28. The minimum Gasteiger partial charge on any atom is -0.359 e. The number of hydrogen-bond donors (Lipinski definition) is 2. The predicted molar refractivity (Wildman–Crippen MR) is 68.5 cm³/mol. The molecule has 2 N–H and O–H groups in total. The fraction of sp³-hybridized carbons (Fsp3) is 0.500. The van der Waals surface area contributed by atoms with E-state index in [1.807, 2.05) is 6.92 Å². The summed E-state index contributed by atoms with van der Waals surface area (Å²) in [6.07, 6.45) is 2.25. The van der Waals surface area contributed by atoms with E-state index in [1.165, 1.54) is 0 Å². The molecule has 0 spiro atoms. The molecule has 0 saturated carbocycles. The Labute approximate surface area is 110 Å². The van der Waals surface area contributed by atoms with Gasteiger partial charge in [-0.2, -0.15) is 0 Å². The molecule has 98 valence electrons. The second kappa shape index (κ2) is 4.65. The summed E-state index contributed by atoms with van der Waals surface area (Å²) in [5, 5.41) is 3.15. The van der Waals surface area contributed by atoms with Crippen LogP contribution in [0.25, 0.3) is 0 Å². The monoisotopic (exact) mass is 269 g/mol. The summed E-state index contributed by atoms with van der Waals surface area (Å²) in [5.41, 5.74) is -0.0398. The average molecular weight is 270 g/mol. The second-order valence-electron chi connectivity index (χ2n) is 4.85. The zero-order valence-corrected chi connectivity index (χ0v) is 11.2. The van der Waals surface area contributed by atoms with Gasteiger partial charge in [0.05, 0.1) is 10.4 Å². The topological polar surface area (TPSA) is 65.2 Å². The van der Waals surface area contributed by atoms with Crippen molar-refractivity contribution in [3.8, 4) is 0 Å². The summed E-state index contributed by atoms with van der Waals surface area (Å²) in [6.45, 7) is 2.89. The van der Waals surface area contributed by atoms with E-state index in [1.54, 1.807) is 24.2 Å². The molecule has 0 aliphatic carbocycles. The predicted octanol–water partition coefficient (Wildman–Crippen LogP) is 1.27. The van der Waals surface area contributed by atoms with Gasteiger partial charge in [0.15, 0.2) is 0 Å². The first-order valence-corrected chi connectivity index (χ1v) is 6.19. The van der Waals surface area contributed by atoms with Gasteiger partial charge < -0.3 is 15.2 Å². The summed E-state index contributed by atoms with van der Waals surface area (Å²) < 4.78 is 0. The van der Waals surface area contributed by atoms with Crippen LogP contribution in [-0.4, -0.2) is 41.8 Å².